The van der Waals surface area contributed by atoms with Crippen LogP contribution in [0.1, 0.15) is 29.6 Å². The van der Waals surface area contributed by atoms with Crippen molar-refractivity contribution in [2.75, 3.05) is 13.7 Å². The second-order valence-electron chi connectivity index (χ2n) is 5.23. The molecule has 1 aliphatic carbocycles. The summed E-state index contributed by atoms with van der Waals surface area (Å²) < 4.78 is 4.95. The summed E-state index contributed by atoms with van der Waals surface area (Å²) in [7, 11) is 1.47. The fourth-order valence-electron chi connectivity index (χ4n) is 2.76. The lowest BCUT2D eigenvalue weighted by Crippen LogP contribution is -2.33. The summed E-state index contributed by atoms with van der Waals surface area (Å²) >= 11 is 0. The van der Waals surface area contributed by atoms with Gasteiger partial charge in [0.1, 0.15) is 11.5 Å². The number of ether oxygens (including phenoxy) is 1. The quantitative estimate of drug-likeness (QED) is 0.767. The maximum Gasteiger partial charge on any atom is 0.306 e. The average Bonchev–Trinajstić information content (AvgIpc) is 2.93. The van der Waals surface area contributed by atoms with Crippen molar-refractivity contribution in [3.05, 3.63) is 23.8 Å². The van der Waals surface area contributed by atoms with E-state index >= 15 is 0 Å². The molecule has 2 atom stereocenters. The minimum absolute atomic E-state index is 0.0492. The van der Waals surface area contributed by atoms with Gasteiger partial charge in [0.15, 0.2) is 0 Å². The van der Waals surface area contributed by atoms with Gasteiger partial charge >= 0.3 is 5.97 Å². The molecule has 114 valence electrons. The third-order valence-electron chi connectivity index (χ3n) is 3.95. The van der Waals surface area contributed by atoms with Crippen LogP contribution in [-0.2, 0) is 4.79 Å². The van der Waals surface area contributed by atoms with Crippen molar-refractivity contribution in [2.24, 2.45) is 11.8 Å². The smallest absolute Gasteiger partial charge is 0.306 e. The van der Waals surface area contributed by atoms with E-state index in [1.807, 2.05) is 0 Å². The number of rotatable bonds is 5. The summed E-state index contributed by atoms with van der Waals surface area (Å²) in [6.45, 7) is 0.307. The van der Waals surface area contributed by atoms with E-state index in [-0.39, 0.29) is 17.2 Å². The van der Waals surface area contributed by atoms with Crippen molar-refractivity contribution in [1.29, 1.82) is 0 Å². The van der Waals surface area contributed by atoms with E-state index < -0.39 is 17.8 Å². The summed E-state index contributed by atoms with van der Waals surface area (Å²) in [6, 6.07) is 4.43. The molecule has 21 heavy (non-hydrogen) atoms. The molecule has 6 heteroatoms. The lowest BCUT2D eigenvalue weighted by molar-refractivity contribution is -0.142. The number of carboxylic acid groups (broad SMARTS) is 1. The molecular weight excluding hydrogens is 274 g/mol. The van der Waals surface area contributed by atoms with Crippen LogP contribution in [-0.4, -0.2) is 35.7 Å². The topological polar surface area (TPSA) is 95.9 Å². The fourth-order valence-corrected chi connectivity index (χ4v) is 2.76. The number of carbonyl (C=O) groups is 2. The molecule has 1 aliphatic rings. The number of phenolic OH excluding ortho intramolecular Hbond substituents is 1. The van der Waals surface area contributed by atoms with E-state index in [1.54, 1.807) is 6.07 Å². The standard InChI is InChI=1S/C15H19NO5/c1-21-10-5-6-12(13(17)7-10)14(18)16-8-9-3-2-4-11(9)15(19)20/h5-7,9,11,17H,2-4,8H2,1H3,(H,16,18)(H,19,20). The summed E-state index contributed by atoms with van der Waals surface area (Å²) in [5, 5.41) is 21.6. The Balaban J connectivity index is 1.97. The minimum atomic E-state index is -0.806. The van der Waals surface area contributed by atoms with Crippen molar-refractivity contribution in [2.45, 2.75) is 19.3 Å². The number of carboxylic acids is 1. The largest absolute Gasteiger partial charge is 0.507 e. The molecule has 0 saturated heterocycles. The number of amides is 1. The summed E-state index contributed by atoms with van der Waals surface area (Å²) in [4.78, 5) is 23.1. The molecule has 2 unspecified atom stereocenters. The summed E-state index contributed by atoms with van der Waals surface area (Å²) in [5.74, 6) is -1.36. The van der Waals surface area contributed by atoms with Crippen LogP contribution in [0.5, 0.6) is 11.5 Å². The van der Waals surface area contributed by atoms with E-state index in [0.717, 1.165) is 12.8 Å². The molecule has 1 aromatic rings. The van der Waals surface area contributed by atoms with Gasteiger partial charge in [0, 0.05) is 12.6 Å². The number of hydrogen-bond acceptors (Lipinski definition) is 4. The van der Waals surface area contributed by atoms with E-state index in [9.17, 15) is 14.7 Å². The van der Waals surface area contributed by atoms with Gasteiger partial charge in [0.25, 0.3) is 5.91 Å². The molecule has 2 rings (SSSR count). The number of phenols is 1. The SMILES string of the molecule is COc1ccc(C(=O)NCC2CCCC2C(=O)O)c(O)c1. The van der Waals surface area contributed by atoms with Crippen molar-refractivity contribution in [3.8, 4) is 11.5 Å². The normalized spacial score (nSPS) is 21.0. The number of aliphatic carboxylic acids is 1. The first-order chi connectivity index (χ1) is 10.0. The zero-order valence-corrected chi connectivity index (χ0v) is 11.8. The molecule has 0 aromatic heterocycles. The van der Waals surface area contributed by atoms with Gasteiger partial charge in [0.2, 0.25) is 0 Å². The fraction of sp³-hybridized carbons (Fsp3) is 0.467. The molecule has 0 spiro atoms. The Morgan fingerprint density at radius 3 is 2.76 bits per heavy atom. The van der Waals surface area contributed by atoms with Crippen LogP contribution in [0.4, 0.5) is 0 Å². The minimum Gasteiger partial charge on any atom is -0.507 e. The Morgan fingerprint density at radius 1 is 1.38 bits per heavy atom. The lowest BCUT2D eigenvalue weighted by atomic mass is 9.96. The number of nitrogens with one attached hydrogen (secondary N) is 1. The molecule has 0 aliphatic heterocycles. The predicted molar refractivity (Wildman–Crippen MR) is 75.5 cm³/mol. The van der Waals surface area contributed by atoms with Crippen LogP contribution in [0.3, 0.4) is 0 Å². The first-order valence-electron chi connectivity index (χ1n) is 6.91. The second-order valence-corrected chi connectivity index (χ2v) is 5.23. The Bertz CT molecular complexity index is 543. The third kappa shape index (κ3) is 3.45. The molecule has 0 heterocycles. The van der Waals surface area contributed by atoms with Crippen LogP contribution >= 0.6 is 0 Å². The van der Waals surface area contributed by atoms with Gasteiger partial charge in [0.05, 0.1) is 18.6 Å². The van der Waals surface area contributed by atoms with Gasteiger partial charge in [-0.15, -0.1) is 0 Å². The number of carbonyl (C=O) groups excluding carboxylic acids is 1. The van der Waals surface area contributed by atoms with Gasteiger partial charge in [-0.2, -0.15) is 0 Å². The molecule has 1 amide bonds. The molecule has 1 fully saturated rings. The van der Waals surface area contributed by atoms with Gasteiger partial charge in [-0.3, -0.25) is 9.59 Å². The lowest BCUT2D eigenvalue weighted by Gasteiger charge is -2.16. The highest BCUT2D eigenvalue weighted by atomic mass is 16.5. The molecule has 3 N–H and O–H groups in total. The van der Waals surface area contributed by atoms with Gasteiger partial charge in [-0.1, -0.05) is 6.42 Å². The van der Waals surface area contributed by atoms with Crippen molar-refractivity contribution < 1.29 is 24.5 Å². The van der Waals surface area contributed by atoms with Crippen LogP contribution in [0, 0.1) is 11.8 Å². The van der Waals surface area contributed by atoms with Gasteiger partial charge in [-0.05, 0) is 30.9 Å². The Morgan fingerprint density at radius 2 is 2.14 bits per heavy atom. The maximum absolute atomic E-state index is 12.0. The van der Waals surface area contributed by atoms with Crippen molar-refractivity contribution >= 4 is 11.9 Å². The summed E-state index contributed by atoms with van der Waals surface area (Å²) in [5.41, 5.74) is 0.153. The van der Waals surface area contributed by atoms with Crippen molar-refractivity contribution in [3.63, 3.8) is 0 Å². The molecule has 1 aromatic carbocycles. The average molecular weight is 293 g/mol. The highest BCUT2D eigenvalue weighted by Crippen LogP contribution is 2.31. The molecular formula is C15H19NO5. The Hall–Kier alpha value is -2.24. The van der Waals surface area contributed by atoms with Gasteiger partial charge in [-0.25, -0.2) is 0 Å². The first kappa shape index (κ1) is 15.2. The molecule has 1 saturated carbocycles. The highest BCUT2D eigenvalue weighted by Gasteiger charge is 2.33. The number of methoxy groups -OCH3 is 1. The van der Waals surface area contributed by atoms with Crippen LogP contribution in [0.15, 0.2) is 18.2 Å². The molecule has 6 nitrogen and oxygen atoms in total. The predicted octanol–water partition coefficient (Wildman–Crippen LogP) is 1.63. The van der Waals surface area contributed by atoms with E-state index in [2.05, 4.69) is 5.32 Å². The first-order valence-corrected chi connectivity index (χ1v) is 6.91. The number of aromatic hydroxyl groups is 1. The second kappa shape index (κ2) is 6.47. The van der Waals surface area contributed by atoms with Gasteiger partial charge < -0.3 is 20.3 Å². The molecule has 0 radical (unpaired) electrons. The number of hydrogen-bond donors (Lipinski definition) is 3. The zero-order chi connectivity index (χ0) is 15.4. The zero-order valence-electron chi connectivity index (χ0n) is 11.8. The van der Waals surface area contributed by atoms with Crippen LogP contribution in [0.25, 0.3) is 0 Å². The third-order valence-corrected chi connectivity index (χ3v) is 3.95. The highest BCUT2D eigenvalue weighted by molar-refractivity contribution is 5.97. The van der Waals surface area contributed by atoms with E-state index in [1.165, 1.54) is 19.2 Å². The van der Waals surface area contributed by atoms with E-state index in [4.69, 9.17) is 9.84 Å². The maximum atomic E-state index is 12.0. The van der Waals surface area contributed by atoms with Crippen LogP contribution in [0.2, 0.25) is 0 Å². The number of benzene rings is 1. The van der Waals surface area contributed by atoms with Crippen LogP contribution < -0.4 is 10.1 Å². The van der Waals surface area contributed by atoms with E-state index in [0.29, 0.717) is 18.7 Å². The Labute approximate surface area is 122 Å². The molecule has 0 bridgehead atoms. The monoisotopic (exact) mass is 293 g/mol. The summed E-state index contributed by atoms with van der Waals surface area (Å²) in [6.07, 6.45) is 2.32. The Kier molecular flexibility index (Phi) is 4.67. The van der Waals surface area contributed by atoms with Crippen molar-refractivity contribution in [1.82, 2.24) is 5.32 Å².